The molecule has 2 aromatic rings. The Morgan fingerprint density at radius 1 is 1.33 bits per heavy atom. The fourth-order valence-electron chi connectivity index (χ4n) is 2.80. The highest BCUT2D eigenvalue weighted by molar-refractivity contribution is 8.00. The van der Waals surface area contributed by atoms with Gasteiger partial charge in [-0.15, -0.1) is 23.1 Å². The first-order valence-electron chi connectivity index (χ1n) is 7.78. The second-order valence-corrected chi connectivity index (χ2v) is 8.01. The van der Waals surface area contributed by atoms with Crippen molar-refractivity contribution in [3.8, 4) is 0 Å². The van der Waals surface area contributed by atoms with Gasteiger partial charge < -0.3 is 16.0 Å². The Bertz CT molecular complexity index is 759. The summed E-state index contributed by atoms with van der Waals surface area (Å²) in [6.07, 6.45) is 0.824. The van der Waals surface area contributed by atoms with Gasteiger partial charge >= 0.3 is 0 Å². The third-order valence-electron chi connectivity index (χ3n) is 3.97. The fourth-order valence-corrected chi connectivity index (χ4v) is 4.90. The number of rotatable bonds is 5. The van der Waals surface area contributed by atoms with Crippen molar-refractivity contribution in [2.45, 2.75) is 17.9 Å². The largest absolute Gasteiger partial charge is 0.365 e. The van der Waals surface area contributed by atoms with Crippen molar-refractivity contribution in [2.24, 2.45) is 5.73 Å². The van der Waals surface area contributed by atoms with E-state index >= 15 is 0 Å². The van der Waals surface area contributed by atoms with Gasteiger partial charge in [0.15, 0.2) is 0 Å². The molecule has 0 bridgehead atoms. The topological polar surface area (TPSA) is 76.6 Å². The first kappa shape index (κ1) is 17.0. The number of likely N-dealkylation sites (N-methyl/N-ethyl adjacent to an activating group) is 1. The summed E-state index contributed by atoms with van der Waals surface area (Å²) >= 11 is 2.95. The summed E-state index contributed by atoms with van der Waals surface area (Å²) in [6.45, 7) is 1.84. The van der Waals surface area contributed by atoms with E-state index in [0.29, 0.717) is 16.3 Å². The second kappa shape index (κ2) is 7.38. The molecule has 1 atom stereocenters. The lowest BCUT2D eigenvalue weighted by molar-refractivity contribution is -0.895. The number of hydrogen-bond acceptors (Lipinski definition) is 4. The minimum atomic E-state index is -0.460. The molecule has 1 aromatic heterocycles. The van der Waals surface area contributed by atoms with Crippen LogP contribution in [0.1, 0.15) is 20.8 Å². The number of thiophene rings is 1. The van der Waals surface area contributed by atoms with Gasteiger partial charge in [0.1, 0.15) is 11.5 Å². The summed E-state index contributed by atoms with van der Waals surface area (Å²) in [7, 11) is 2.13. The van der Waals surface area contributed by atoms with Crippen LogP contribution in [0.25, 0.3) is 0 Å². The number of nitrogens with one attached hydrogen (secondary N) is 2. The van der Waals surface area contributed by atoms with Gasteiger partial charge in [0.2, 0.25) is 5.91 Å². The maximum Gasteiger partial charge on any atom is 0.252 e. The zero-order valence-corrected chi connectivity index (χ0v) is 15.1. The van der Waals surface area contributed by atoms with Gasteiger partial charge in [-0.1, -0.05) is 18.2 Å². The predicted octanol–water partition coefficient (Wildman–Crippen LogP) is 1.15. The number of thioether (sulfide) groups is 1. The standard InChI is InChI=1S/C17H19N3O2S2/c1-20-8-7-12-13(9-20)24-17(15(12)16(18)22)19-14(21)10-23-11-5-3-2-4-6-11/h2-6H,7-10H2,1H3,(H2,18,22)(H,19,21)/p+1. The molecule has 1 aromatic carbocycles. The number of hydrogen-bond donors (Lipinski definition) is 3. The van der Waals surface area contributed by atoms with Crippen LogP contribution in [0.3, 0.4) is 0 Å². The van der Waals surface area contributed by atoms with Crippen LogP contribution >= 0.6 is 23.1 Å². The summed E-state index contributed by atoms with van der Waals surface area (Å²) in [6, 6.07) is 9.76. The number of fused-ring (bicyclic) bond motifs is 1. The Hall–Kier alpha value is -1.83. The van der Waals surface area contributed by atoms with Crippen molar-refractivity contribution in [2.75, 3.05) is 24.7 Å². The van der Waals surface area contributed by atoms with Crippen molar-refractivity contribution >= 4 is 39.9 Å². The Morgan fingerprint density at radius 3 is 2.79 bits per heavy atom. The maximum atomic E-state index is 12.3. The lowest BCUT2D eigenvalue weighted by atomic mass is 10.0. The molecular weight excluding hydrogens is 342 g/mol. The normalized spacial score (nSPS) is 16.5. The minimum Gasteiger partial charge on any atom is -0.365 e. The molecule has 24 heavy (non-hydrogen) atoms. The fraction of sp³-hybridized carbons (Fsp3) is 0.294. The number of carbonyl (C=O) groups is 2. The molecule has 1 aliphatic heterocycles. The number of nitrogens with two attached hydrogens (primary N) is 1. The number of quaternary nitrogens is 1. The third-order valence-corrected chi connectivity index (χ3v) is 6.13. The van der Waals surface area contributed by atoms with Gasteiger partial charge in [-0.25, -0.2) is 0 Å². The van der Waals surface area contributed by atoms with E-state index in [1.165, 1.54) is 28.0 Å². The van der Waals surface area contributed by atoms with Crippen LogP contribution < -0.4 is 16.0 Å². The van der Waals surface area contributed by atoms with Crippen LogP contribution in [0.15, 0.2) is 35.2 Å². The van der Waals surface area contributed by atoms with E-state index < -0.39 is 5.91 Å². The van der Waals surface area contributed by atoms with E-state index in [9.17, 15) is 9.59 Å². The summed E-state index contributed by atoms with van der Waals surface area (Å²) in [5.74, 6) is -0.278. The number of amides is 2. The van der Waals surface area contributed by atoms with Crippen molar-refractivity contribution in [1.29, 1.82) is 0 Å². The van der Waals surface area contributed by atoms with Gasteiger partial charge in [-0.3, -0.25) is 9.59 Å². The highest BCUT2D eigenvalue weighted by atomic mass is 32.2. The van der Waals surface area contributed by atoms with E-state index in [-0.39, 0.29) is 5.91 Å². The van der Waals surface area contributed by atoms with Gasteiger partial charge in [-0.05, 0) is 17.7 Å². The predicted molar refractivity (Wildman–Crippen MR) is 97.8 cm³/mol. The van der Waals surface area contributed by atoms with Crippen molar-refractivity contribution in [1.82, 2.24) is 0 Å². The van der Waals surface area contributed by atoms with Crippen molar-refractivity contribution in [3.63, 3.8) is 0 Å². The lowest BCUT2D eigenvalue weighted by Crippen LogP contribution is -3.08. The Morgan fingerprint density at radius 2 is 2.08 bits per heavy atom. The van der Waals surface area contributed by atoms with E-state index in [1.54, 1.807) is 0 Å². The van der Waals surface area contributed by atoms with Crippen LogP contribution in [0.5, 0.6) is 0 Å². The average Bonchev–Trinajstić information content (AvgIpc) is 2.90. The van der Waals surface area contributed by atoms with Crippen molar-refractivity contribution < 1.29 is 14.5 Å². The molecular formula is C17H20N3O2S2+. The number of primary amides is 1. The van der Waals surface area contributed by atoms with E-state index in [4.69, 9.17) is 5.73 Å². The zero-order chi connectivity index (χ0) is 17.1. The van der Waals surface area contributed by atoms with Gasteiger partial charge in [0, 0.05) is 11.3 Å². The smallest absolute Gasteiger partial charge is 0.252 e. The van der Waals surface area contributed by atoms with Crippen LogP contribution in [-0.4, -0.2) is 31.2 Å². The molecule has 126 valence electrons. The Kier molecular flexibility index (Phi) is 5.23. The summed E-state index contributed by atoms with van der Waals surface area (Å²) in [5, 5.41) is 3.48. The van der Waals surface area contributed by atoms with E-state index in [1.807, 2.05) is 30.3 Å². The molecule has 3 rings (SSSR count). The molecule has 7 heteroatoms. The molecule has 1 unspecified atom stereocenters. The lowest BCUT2D eigenvalue weighted by Gasteiger charge is -2.19. The molecule has 0 saturated heterocycles. The number of carbonyl (C=O) groups excluding carboxylic acids is 2. The number of benzene rings is 1. The molecule has 0 radical (unpaired) electrons. The summed E-state index contributed by atoms with van der Waals surface area (Å²) < 4.78 is 0. The highest BCUT2D eigenvalue weighted by Gasteiger charge is 2.28. The number of anilines is 1. The monoisotopic (exact) mass is 362 g/mol. The molecule has 0 aliphatic carbocycles. The Labute approximate surface area is 149 Å². The maximum absolute atomic E-state index is 12.3. The van der Waals surface area contributed by atoms with E-state index in [0.717, 1.165) is 34.8 Å². The summed E-state index contributed by atoms with van der Waals surface area (Å²) in [5.41, 5.74) is 7.08. The molecule has 0 saturated carbocycles. The van der Waals surface area contributed by atoms with Crippen LogP contribution in [-0.2, 0) is 17.8 Å². The molecule has 2 heterocycles. The molecule has 2 amide bonds. The molecule has 4 N–H and O–H groups in total. The van der Waals surface area contributed by atoms with Crippen LogP contribution in [0.4, 0.5) is 5.00 Å². The quantitative estimate of drug-likeness (QED) is 0.699. The minimum absolute atomic E-state index is 0.120. The zero-order valence-electron chi connectivity index (χ0n) is 13.4. The van der Waals surface area contributed by atoms with Crippen molar-refractivity contribution in [3.05, 3.63) is 46.3 Å². The van der Waals surface area contributed by atoms with Gasteiger partial charge in [-0.2, -0.15) is 0 Å². The van der Waals surface area contributed by atoms with E-state index in [2.05, 4.69) is 12.4 Å². The highest BCUT2D eigenvalue weighted by Crippen LogP contribution is 2.34. The second-order valence-electron chi connectivity index (χ2n) is 5.86. The average molecular weight is 363 g/mol. The first-order valence-corrected chi connectivity index (χ1v) is 9.58. The third kappa shape index (κ3) is 3.80. The molecule has 1 aliphatic rings. The first-order chi connectivity index (χ1) is 11.5. The summed E-state index contributed by atoms with van der Waals surface area (Å²) in [4.78, 5) is 27.7. The Balaban J connectivity index is 1.72. The van der Waals surface area contributed by atoms with Crippen LogP contribution in [0, 0.1) is 0 Å². The molecule has 5 nitrogen and oxygen atoms in total. The SMILES string of the molecule is C[NH+]1CCc2c(sc(NC(=O)CSc3ccccc3)c2C(N)=O)C1. The van der Waals surface area contributed by atoms with Gasteiger partial charge in [0.05, 0.1) is 29.8 Å². The molecule has 0 spiro atoms. The van der Waals surface area contributed by atoms with Gasteiger partial charge in [0.25, 0.3) is 5.91 Å². The van der Waals surface area contributed by atoms with Crippen LogP contribution in [0.2, 0.25) is 0 Å². The molecule has 0 fully saturated rings.